The zero-order chi connectivity index (χ0) is 13.9. The lowest BCUT2D eigenvalue weighted by molar-refractivity contribution is -0.151. The summed E-state index contributed by atoms with van der Waals surface area (Å²) in [5, 5.41) is 21.4. The zero-order valence-corrected chi connectivity index (χ0v) is 11.6. The predicted molar refractivity (Wildman–Crippen MR) is 74.9 cm³/mol. The van der Waals surface area contributed by atoms with E-state index >= 15 is 0 Å². The minimum atomic E-state index is -1.51. The monoisotopic (exact) mass is 300 g/mol. The van der Waals surface area contributed by atoms with E-state index in [9.17, 15) is 14.7 Å². The average molecular weight is 301 g/mol. The van der Waals surface area contributed by atoms with E-state index in [0.717, 1.165) is 10.5 Å². The number of aliphatic carboxylic acids is 1. The van der Waals surface area contributed by atoms with E-state index in [1.54, 1.807) is 0 Å². The number of nitrogens with one attached hydrogen (secondary N) is 1. The fourth-order valence-electron chi connectivity index (χ4n) is 2.40. The molecule has 0 radical (unpaired) electrons. The fraction of sp³-hybridized carbons (Fsp3) is 0.385. The van der Waals surface area contributed by atoms with Crippen molar-refractivity contribution < 1.29 is 19.8 Å². The van der Waals surface area contributed by atoms with Crippen LogP contribution in [0.2, 0.25) is 0 Å². The van der Waals surface area contributed by atoms with Crippen LogP contribution in [0.15, 0.2) is 30.3 Å². The Balaban J connectivity index is 0.00000200. The third kappa shape index (κ3) is 3.02. The quantitative estimate of drug-likeness (QED) is 0.788. The molecule has 0 bridgehead atoms. The number of benzene rings is 1. The first-order chi connectivity index (χ1) is 9.06. The number of rotatable bonds is 4. The van der Waals surface area contributed by atoms with Gasteiger partial charge in [-0.2, -0.15) is 0 Å². The maximum Gasteiger partial charge on any atom is 0.409 e. The number of carboxylic acids is 1. The van der Waals surface area contributed by atoms with Crippen LogP contribution in [-0.4, -0.2) is 39.4 Å². The van der Waals surface area contributed by atoms with E-state index in [1.165, 1.54) is 0 Å². The van der Waals surface area contributed by atoms with E-state index in [-0.39, 0.29) is 25.4 Å². The lowest BCUT2D eigenvalue weighted by Crippen LogP contribution is -2.61. The van der Waals surface area contributed by atoms with Crippen LogP contribution < -0.4 is 5.32 Å². The third-order valence-corrected chi connectivity index (χ3v) is 3.39. The normalized spacial score (nSPS) is 21.3. The van der Waals surface area contributed by atoms with Crippen molar-refractivity contribution in [3.05, 3.63) is 35.9 Å². The van der Waals surface area contributed by atoms with Crippen molar-refractivity contribution >= 4 is 24.5 Å². The first-order valence-electron chi connectivity index (χ1n) is 6.09. The van der Waals surface area contributed by atoms with Crippen molar-refractivity contribution in [3.8, 4) is 0 Å². The molecule has 1 heterocycles. The molecule has 7 heteroatoms. The van der Waals surface area contributed by atoms with Crippen LogP contribution in [0.3, 0.4) is 0 Å². The van der Waals surface area contributed by atoms with Crippen LogP contribution in [0.1, 0.15) is 18.4 Å². The average Bonchev–Trinajstić information content (AvgIpc) is 2.83. The Bertz CT molecular complexity index is 483. The van der Waals surface area contributed by atoms with Gasteiger partial charge in [0.1, 0.15) is 0 Å². The van der Waals surface area contributed by atoms with E-state index in [0.29, 0.717) is 13.0 Å². The topological polar surface area (TPSA) is 89.9 Å². The molecule has 2 rings (SSSR count). The van der Waals surface area contributed by atoms with E-state index < -0.39 is 17.7 Å². The molecule has 0 aliphatic carbocycles. The molecule has 1 aromatic carbocycles. The molecule has 0 aromatic heterocycles. The first-order valence-corrected chi connectivity index (χ1v) is 6.09. The first kappa shape index (κ1) is 16.3. The largest absolute Gasteiger partial charge is 0.478 e. The van der Waals surface area contributed by atoms with E-state index in [4.69, 9.17) is 5.11 Å². The molecule has 1 fully saturated rings. The van der Waals surface area contributed by atoms with Gasteiger partial charge in [0.25, 0.3) is 0 Å². The number of nitrogens with zero attached hydrogens (tertiary/aromatic N) is 1. The Kier molecular flexibility index (Phi) is 5.35. The van der Waals surface area contributed by atoms with Crippen molar-refractivity contribution in [2.24, 2.45) is 0 Å². The maximum absolute atomic E-state index is 11.5. The van der Waals surface area contributed by atoms with Crippen molar-refractivity contribution in [2.75, 3.05) is 6.54 Å². The number of hydrogen-bond donors (Lipinski definition) is 3. The summed E-state index contributed by atoms with van der Waals surface area (Å²) in [5.41, 5.74) is -0.595. The van der Waals surface area contributed by atoms with Crippen molar-refractivity contribution in [2.45, 2.75) is 25.0 Å². The van der Waals surface area contributed by atoms with Crippen molar-refractivity contribution in [1.82, 2.24) is 10.2 Å². The van der Waals surface area contributed by atoms with Gasteiger partial charge in [-0.15, -0.1) is 12.4 Å². The van der Waals surface area contributed by atoms with Gasteiger partial charge in [-0.05, 0) is 18.4 Å². The molecule has 1 unspecified atom stereocenters. The molecular formula is C13H17ClN2O4. The Labute approximate surface area is 122 Å². The SMILES string of the molecule is Cl.O=C(O)N1CCCC1(NCc1ccccc1)C(=O)O. The molecule has 20 heavy (non-hydrogen) atoms. The summed E-state index contributed by atoms with van der Waals surface area (Å²) >= 11 is 0. The second kappa shape index (κ2) is 6.58. The number of halogens is 1. The molecule has 3 N–H and O–H groups in total. The Morgan fingerprint density at radius 1 is 1.25 bits per heavy atom. The molecule has 0 spiro atoms. The Morgan fingerprint density at radius 2 is 1.90 bits per heavy atom. The summed E-state index contributed by atoms with van der Waals surface area (Å²) < 4.78 is 0. The standard InChI is InChI=1S/C13H16N2O4.ClH/c16-11(17)13(7-4-8-15(13)12(18)19)14-9-10-5-2-1-3-6-10;/h1-3,5-6,14H,4,7-9H2,(H,16,17)(H,18,19);1H. The van der Waals surface area contributed by atoms with Crippen LogP contribution in [0.5, 0.6) is 0 Å². The minimum Gasteiger partial charge on any atom is -0.478 e. The van der Waals surface area contributed by atoms with E-state index in [2.05, 4.69) is 5.32 Å². The number of amides is 1. The lowest BCUT2D eigenvalue weighted by Gasteiger charge is -2.33. The molecular weight excluding hydrogens is 284 g/mol. The van der Waals surface area contributed by atoms with Crippen LogP contribution in [0.4, 0.5) is 4.79 Å². The fourth-order valence-corrected chi connectivity index (χ4v) is 2.40. The number of carboxylic acid groups (broad SMARTS) is 2. The molecule has 6 nitrogen and oxygen atoms in total. The van der Waals surface area contributed by atoms with Gasteiger partial charge in [0.15, 0.2) is 5.66 Å². The second-order valence-electron chi connectivity index (χ2n) is 4.54. The summed E-state index contributed by atoms with van der Waals surface area (Å²) in [6, 6.07) is 9.31. The van der Waals surface area contributed by atoms with Gasteiger partial charge in [-0.25, -0.2) is 9.59 Å². The molecule has 1 aliphatic heterocycles. The summed E-state index contributed by atoms with van der Waals surface area (Å²) in [4.78, 5) is 23.6. The maximum atomic E-state index is 11.5. The smallest absolute Gasteiger partial charge is 0.409 e. The molecule has 1 saturated heterocycles. The van der Waals surface area contributed by atoms with Crippen LogP contribution in [0.25, 0.3) is 0 Å². The molecule has 1 amide bonds. The van der Waals surface area contributed by atoms with Gasteiger partial charge in [0, 0.05) is 13.1 Å². The minimum absolute atomic E-state index is 0. The van der Waals surface area contributed by atoms with Crippen molar-refractivity contribution in [1.29, 1.82) is 0 Å². The number of hydrogen-bond acceptors (Lipinski definition) is 3. The molecule has 0 saturated carbocycles. The van der Waals surface area contributed by atoms with Crippen LogP contribution >= 0.6 is 12.4 Å². The summed E-state index contributed by atoms with van der Waals surface area (Å²) in [7, 11) is 0. The van der Waals surface area contributed by atoms with Gasteiger partial charge in [0.05, 0.1) is 0 Å². The highest BCUT2D eigenvalue weighted by atomic mass is 35.5. The van der Waals surface area contributed by atoms with Gasteiger partial charge >= 0.3 is 12.1 Å². The zero-order valence-electron chi connectivity index (χ0n) is 10.8. The highest BCUT2D eigenvalue weighted by Gasteiger charge is 2.50. The van der Waals surface area contributed by atoms with E-state index in [1.807, 2.05) is 30.3 Å². The summed E-state index contributed by atoms with van der Waals surface area (Å²) in [6.45, 7) is 0.556. The molecule has 1 atom stereocenters. The van der Waals surface area contributed by atoms with Gasteiger partial charge in [-0.3, -0.25) is 10.2 Å². The van der Waals surface area contributed by atoms with Gasteiger partial charge in [-0.1, -0.05) is 30.3 Å². The van der Waals surface area contributed by atoms with Gasteiger partial charge < -0.3 is 10.2 Å². The number of carbonyl (C=O) groups is 2. The predicted octanol–water partition coefficient (Wildman–Crippen LogP) is 1.75. The Hall–Kier alpha value is -1.79. The summed E-state index contributed by atoms with van der Waals surface area (Å²) in [5.74, 6) is -1.15. The van der Waals surface area contributed by atoms with Crippen LogP contribution in [-0.2, 0) is 11.3 Å². The summed E-state index contributed by atoms with van der Waals surface area (Å²) in [6.07, 6.45) is -0.387. The van der Waals surface area contributed by atoms with Gasteiger partial charge in [0.2, 0.25) is 0 Å². The number of likely N-dealkylation sites (tertiary alicyclic amines) is 1. The highest BCUT2D eigenvalue weighted by molar-refractivity contribution is 5.85. The highest BCUT2D eigenvalue weighted by Crippen LogP contribution is 2.27. The molecule has 1 aliphatic rings. The molecule has 1 aromatic rings. The second-order valence-corrected chi connectivity index (χ2v) is 4.54. The lowest BCUT2D eigenvalue weighted by atomic mass is 10.1. The third-order valence-electron chi connectivity index (χ3n) is 3.39. The Morgan fingerprint density at radius 3 is 2.45 bits per heavy atom. The molecule has 110 valence electrons. The van der Waals surface area contributed by atoms with Crippen molar-refractivity contribution in [3.63, 3.8) is 0 Å². The van der Waals surface area contributed by atoms with Crippen LogP contribution in [0, 0.1) is 0 Å².